The molecule has 2 aromatic carbocycles. The van der Waals surface area contributed by atoms with E-state index in [-0.39, 0.29) is 5.56 Å². The van der Waals surface area contributed by atoms with Crippen LogP contribution in [0.1, 0.15) is 28.8 Å². The topological polar surface area (TPSA) is 86.7 Å². The van der Waals surface area contributed by atoms with Gasteiger partial charge in [-0.15, -0.1) is 0 Å². The van der Waals surface area contributed by atoms with Crippen molar-refractivity contribution in [3.05, 3.63) is 65.7 Å². The van der Waals surface area contributed by atoms with Gasteiger partial charge >= 0.3 is 5.97 Å². The molecular weight excluding hydrogens is 352 g/mol. The second-order valence-corrected chi connectivity index (χ2v) is 8.48. The Kier molecular flexibility index (Phi) is 5.58. The first-order chi connectivity index (χ1) is 12.4. The summed E-state index contributed by atoms with van der Waals surface area (Å²) in [5.41, 5.74) is 1.69. The summed E-state index contributed by atoms with van der Waals surface area (Å²) in [7, 11) is -3.47. The fourth-order valence-electron chi connectivity index (χ4n) is 3.22. The number of carboxylic acid groups (broad SMARTS) is 1. The van der Waals surface area contributed by atoms with Gasteiger partial charge in [-0.3, -0.25) is 9.62 Å². The average molecular weight is 374 g/mol. The number of piperidine rings is 1. The van der Waals surface area contributed by atoms with E-state index in [0.29, 0.717) is 25.2 Å². The van der Waals surface area contributed by atoms with Crippen molar-refractivity contribution in [2.24, 2.45) is 0 Å². The van der Waals surface area contributed by atoms with Crippen LogP contribution in [0.15, 0.2) is 54.6 Å². The minimum atomic E-state index is -3.47. The number of benzene rings is 2. The fraction of sp³-hybridized carbons (Fsp3) is 0.316. The number of rotatable bonds is 6. The molecule has 0 saturated carbocycles. The molecular formula is C19H22N2O4S. The van der Waals surface area contributed by atoms with E-state index in [9.17, 15) is 13.2 Å². The van der Waals surface area contributed by atoms with Crippen molar-refractivity contribution in [2.75, 3.05) is 17.8 Å². The standard InChI is InChI=1S/C19H22N2O4S/c22-19(23)16-7-4-6-15(12-16)13-21-11-5-10-18(14-21)26(24,25)20-17-8-2-1-3-9-17/h1-4,6-9,12,18,20H,5,10-11,13-14H2,(H,22,23). The summed E-state index contributed by atoms with van der Waals surface area (Å²) in [6.07, 6.45) is 1.41. The summed E-state index contributed by atoms with van der Waals surface area (Å²) in [4.78, 5) is 13.2. The third-order valence-electron chi connectivity index (χ3n) is 4.52. The number of nitrogens with one attached hydrogen (secondary N) is 1. The molecule has 1 unspecified atom stereocenters. The Hall–Kier alpha value is -2.38. The van der Waals surface area contributed by atoms with Gasteiger partial charge in [-0.05, 0) is 49.2 Å². The Morgan fingerprint density at radius 1 is 1.15 bits per heavy atom. The van der Waals surface area contributed by atoms with Crippen LogP contribution in [0.5, 0.6) is 0 Å². The van der Waals surface area contributed by atoms with Gasteiger partial charge < -0.3 is 5.11 Å². The first-order valence-electron chi connectivity index (χ1n) is 8.55. The smallest absolute Gasteiger partial charge is 0.335 e. The molecule has 1 heterocycles. The molecule has 0 aromatic heterocycles. The van der Waals surface area contributed by atoms with Gasteiger partial charge in [0.15, 0.2) is 0 Å². The number of hydrogen-bond acceptors (Lipinski definition) is 4. The Balaban J connectivity index is 1.67. The molecule has 1 saturated heterocycles. The van der Waals surface area contributed by atoms with Gasteiger partial charge in [-0.2, -0.15) is 0 Å². The van der Waals surface area contributed by atoms with Crippen LogP contribution in [-0.4, -0.2) is 42.7 Å². The van der Waals surface area contributed by atoms with Crippen LogP contribution in [-0.2, 0) is 16.6 Å². The maximum Gasteiger partial charge on any atom is 0.335 e. The number of anilines is 1. The van der Waals surface area contributed by atoms with Crippen LogP contribution in [0.2, 0.25) is 0 Å². The number of carboxylic acids is 1. The average Bonchev–Trinajstić information content (AvgIpc) is 2.63. The van der Waals surface area contributed by atoms with E-state index in [2.05, 4.69) is 9.62 Å². The lowest BCUT2D eigenvalue weighted by atomic mass is 10.1. The van der Waals surface area contributed by atoms with Gasteiger partial charge in [-0.1, -0.05) is 30.3 Å². The minimum absolute atomic E-state index is 0.245. The molecule has 1 fully saturated rings. The highest BCUT2D eigenvalue weighted by Gasteiger charge is 2.30. The number of nitrogens with zero attached hydrogens (tertiary/aromatic N) is 1. The molecule has 1 aliphatic heterocycles. The molecule has 0 spiro atoms. The lowest BCUT2D eigenvalue weighted by molar-refractivity contribution is 0.0696. The molecule has 2 aromatic rings. The number of hydrogen-bond donors (Lipinski definition) is 2. The molecule has 6 nitrogen and oxygen atoms in total. The Bertz CT molecular complexity index is 868. The number of carbonyl (C=O) groups is 1. The van der Waals surface area contributed by atoms with Crippen molar-refractivity contribution in [2.45, 2.75) is 24.6 Å². The van der Waals surface area contributed by atoms with Gasteiger partial charge in [0, 0.05) is 18.8 Å². The van der Waals surface area contributed by atoms with E-state index in [1.54, 1.807) is 42.5 Å². The third-order valence-corrected chi connectivity index (χ3v) is 6.30. The van der Waals surface area contributed by atoms with E-state index >= 15 is 0 Å². The maximum atomic E-state index is 12.7. The van der Waals surface area contributed by atoms with Crippen LogP contribution < -0.4 is 4.72 Å². The number of aromatic carboxylic acids is 1. The molecule has 26 heavy (non-hydrogen) atoms. The monoisotopic (exact) mass is 374 g/mol. The molecule has 1 atom stereocenters. The molecule has 0 aliphatic carbocycles. The predicted molar refractivity (Wildman–Crippen MR) is 101 cm³/mol. The zero-order chi connectivity index (χ0) is 18.6. The second-order valence-electron chi connectivity index (χ2n) is 6.52. The van der Waals surface area contributed by atoms with Crippen molar-refractivity contribution in [1.82, 2.24) is 4.90 Å². The Morgan fingerprint density at radius 3 is 2.65 bits per heavy atom. The fourth-order valence-corrected chi connectivity index (χ4v) is 4.74. The highest BCUT2D eigenvalue weighted by Crippen LogP contribution is 2.21. The lowest BCUT2D eigenvalue weighted by Crippen LogP contribution is -2.43. The van der Waals surface area contributed by atoms with Crippen LogP contribution in [0.3, 0.4) is 0 Å². The first-order valence-corrected chi connectivity index (χ1v) is 10.1. The van der Waals surface area contributed by atoms with E-state index < -0.39 is 21.2 Å². The van der Waals surface area contributed by atoms with Gasteiger partial charge in [0.25, 0.3) is 0 Å². The summed E-state index contributed by atoms with van der Waals surface area (Å²) in [5, 5.41) is 8.62. The summed E-state index contributed by atoms with van der Waals surface area (Å²) >= 11 is 0. The molecule has 0 bridgehead atoms. The molecule has 1 aliphatic rings. The van der Waals surface area contributed by atoms with Crippen molar-refractivity contribution in [3.8, 4) is 0 Å². The van der Waals surface area contributed by atoms with E-state index in [4.69, 9.17) is 5.11 Å². The lowest BCUT2D eigenvalue weighted by Gasteiger charge is -2.32. The van der Waals surface area contributed by atoms with Crippen LogP contribution in [0.25, 0.3) is 0 Å². The second kappa shape index (κ2) is 7.88. The molecule has 138 valence electrons. The van der Waals surface area contributed by atoms with Crippen molar-refractivity contribution >= 4 is 21.7 Å². The van der Waals surface area contributed by atoms with Crippen molar-refractivity contribution in [3.63, 3.8) is 0 Å². The quantitative estimate of drug-likeness (QED) is 0.812. The summed E-state index contributed by atoms with van der Waals surface area (Å²) < 4.78 is 28.0. The zero-order valence-corrected chi connectivity index (χ0v) is 15.2. The first kappa shape index (κ1) is 18.4. The Labute approximate surface area is 153 Å². The Morgan fingerprint density at radius 2 is 1.92 bits per heavy atom. The van der Waals surface area contributed by atoms with Crippen molar-refractivity contribution in [1.29, 1.82) is 0 Å². The van der Waals surface area contributed by atoms with E-state index in [1.807, 2.05) is 12.1 Å². The van der Waals surface area contributed by atoms with Gasteiger partial charge in [-0.25, -0.2) is 13.2 Å². The zero-order valence-electron chi connectivity index (χ0n) is 14.3. The predicted octanol–water partition coefficient (Wildman–Crippen LogP) is 2.79. The van der Waals surface area contributed by atoms with E-state index in [1.165, 1.54) is 0 Å². The minimum Gasteiger partial charge on any atom is -0.478 e. The summed E-state index contributed by atoms with van der Waals surface area (Å²) in [5.74, 6) is -0.960. The number of sulfonamides is 1. The van der Waals surface area contributed by atoms with Crippen LogP contribution in [0, 0.1) is 0 Å². The van der Waals surface area contributed by atoms with Gasteiger partial charge in [0.1, 0.15) is 0 Å². The molecule has 0 amide bonds. The summed E-state index contributed by atoms with van der Waals surface area (Å²) in [6.45, 7) is 1.77. The van der Waals surface area contributed by atoms with E-state index in [0.717, 1.165) is 18.5 Å². The van der Waals surface area contributed by atoms with Crippen molar-refractivity contribution < 1.29 is 18.3 Å². The largest absolute Gasteiger partial charge is 0.478 e. The van der Waals surface area contributed by atoms with Crippen LogP contribution in [0.4, 0.5) is 5.69 Å². The van der Waals surface area contributed by atoms with Gasteiger partial charge in [0.05, 0.1) is 10.8 Å². The van der Waals surface area contributed by atoms with Gasteiger partial charge in [0.2, 0.25) is 10.0 Å². The molecule has 2 N–H and O–H groups in total. The molecule has 3 rings (SSSR count). The highest BCUT2D eigenvalue weighted by atomic mass is 32.2. The number of likely N-dealkylation sites (tertiary alicyclic amines) is 1. The molecule has 7 heteroatoms. The SMILES string of the molecule is O=C(O)c1cccc(CN2CCCC(S(=O)(=O)Nc3ccccc3)C2)c1. The third kappa shape index (κ3) is 4.62. The van der Waals surface area contributed by atoms with Crippen LogP contribution >= 0.6 is 0 Å². The summed E-state index contributed by atoms with van der Waals surface area (Å²) in [6, 6.07) is 15.7. The molecule has 0 radical (unpaired) electrons. The maximum absolute atomic E-state index is 12.7. The normalized spacial score (nSPS) is 18.4. The number of para-hydroxylation sites is 1. The highest BCUT2D eigenvalue weighted by molar-refractivity contribution is 7.93.